The lowest BCUT2D eigenvalue weighted by Gasteiger charge is -2.38. The second-order valence-electron chi connectivity index (χ2n) is 17.6. The van der Waals surface area contributed by atoms with Gasteiger partial charge in [0, 0.05) is 12.8 Å². The maximum Gasteiger partial charge on any atom is 0.335 e. The van der Waals surface area contributed by atoms with E-state index in [1.165, 1.54) is 109 Å². The van der Waals surface area contributed by atoms with Gasteiger partial charge in [-0.25, -0.2) is 4.79 Å². The van der Waals surface area contributed by atoms with Gasteiger partial charge >= 0.3 is 17.9 Å². The van der Waals surface area contributed by atoms with Crippen molar-refractivity contribution in [2.75, 3.05) is 13.2 Å². The van der Waals surface area contributed by atoms with Crippen molar-refractivity contribution in [3.05, 3.63) is 48.6 Å². The van der Waals surface area contributed by atoms with Crippen molar-refractivity contribution >= 4 is 17.9 Å². The Bertz CT molecular complexity index is 1250. The molecule has 1 heterocycles. The minimum atomic E-state index is -1.86. The molecule has 0 aromatic heterocycles. The number of unbranched alkanes of at least 4 members (excludes halogenated alkanes) is 24. The first-order valence-electron chi connectivity index (χ1n) is 25.7. The van der Waals surface area contributed by atoms with Crippen molar-refractivity contribution in [3.63, 3.8) is 0 Å². The Morgan fingerprint density at radius 3 is 1.39 bits per heavy atom. The predicted octanol–water partition coefficient (Wildman–Crippen LogP) is 12.1. The summed E-state index contributed by atoms with van der Waals surface area (Å²) in [5, 5.41) is 39.9. The Balaban J connectivity index is 2.28. The molecule has 370 valence electrons. The van der Waals surface area contributed by atoms with E-state index in [4.69, 9.17) is 18.9 Å². The lowest BCUT2D eigenvalue weighted by Crippen LogP contribution is -2.60. The van der Waals surface area contributed by atoms with Crippen molar-refractivity contribution in [3.8, 4) is 0 Å². The van der Waals surface area contributed by atoms with Crippen LogP contribution in [0.15, 0.2) is 48.6 Å². The molecule has 1 saturated heterocycles. The zero-order valence-corrected chi connectivity index (χ0v) is 40.3. The molecule has 0 amide bonds. The second kappa shape index (κ2) is 42.8. The minimum Gasteiger partial charge on any atom is -0.479 e. The largest absolute Gasteiger partial charge is 0.479 e. The van der Waals surface area contributed by atoms with Gasteiger partial charge in [0.1, 0.15) is 24.9 Å². The average Bonchev–Trinajstić information content (AvgIpc) is 3.28. The highest BCUT2D eigenvalue weighted by Gasteiger charge is 2.47. The monoisotopic (exact) mass is 905 g/mol. The van der Waals surface area contributed by atoms with Crippen LogP contribution in [0.5, 0.6) is 0 Å². The number of carboxylic acids is 1. The normalized spacial score (nSPS) is 19.7. The summed E-state index contributed by atoms with van der Waals surface area (Å²) in [6.45, 7) is 3.72. The number of carbonyl (C=O) groups is 3. The van der Waals surface area contributed by atoms with Crippen LogP contribution in [0.25, 0.3) is 0 Å². The number of allylic oxidation sites excluding steroid dienone is 8. The number of carboxylic acid groups (broad SMARTS) is 1. The number of aliphatic hydroxyl groups excluding tert-OH is 3. The zero-order chi connectivity index (χ0) is 46.7. The van der Waals surface area contributed by atoms with Gasteiger partial charge in [0.25, 0.3) is 0 Å². The first-order valence-corrected chi connectivity index (χ1v) is 25.7. The van der Waals surface area contributed by atoms with E-state index in [0.29, 0.717) is 12.8 Å². The van der Waals surface area contributed by atoms with Crippen LogP contribution in [0.4, 0.5) is 0 Å². The highest BCUT2D eigenvalue weighted by Crippen LogP contribution is 2.23. The first-order chi connectivity index (χ1) is 31.2. The van der Waals surface area contributed by atoms with E-state index in [2.05, 4.69) is 62.5 Å². The summed E-state index contributed by atoms with van der Waals surface area (Å²) in [5.41, 5.74) is 0. The zero-order valence-electron chi connectivity index (χ0n) is 40.3. The van der Waals surface area contributed by atoms with Gasteiger partial charge in [0.05, 0.1) is 6.61 Å². The summed E-state index contributed by atoms with van der Waals surface area (Å²) in [4.78, 5) is 37.0. The molecule has 0 aromatic rings. The van der Waals surface area contributed by atoms with Gasteiger partial charge in [-0.1, -0.05) is 204 Å². The molecule has 6 atom stereocenters. The summed E-state index contributed by atoms with van der Waals surface area (Å²) >= 11 is 0. The van der Waals surface area contributed by atoms with Gasteiger partial charge in [-0.05, 0) is 51.4 Å². The van der Waals surface area contributed by atoms with Crippen molar-refractivity contribution in [1.29, 1.82) is 0 Å². The highest BCUT2D eigenvalue weighted by atomic mass is 16.7. The van der Waals surface area contributed by atoms with Crippen LogP contribution in [-0.4, -0.2) is 88.4 Å². The van der Waals surface area contributed by atoms with Gasteiger partial charge in [0.2, 0.25) is 0 Å². The number of hydrogen-bond donors (Lipinski definition) is 4. The van der Waals surface area contributed by atoms with Crippen LogP contribution in [0.1, 0.15) is 219 Å². The summed E-state index contributed by atoms with van der Waals surface area (Å²) in [6.07, 6.45) is 43.0. The number of esters is 2. The van der Waals surface area contributed by atoms with Crippen molar-refractivity contribution in [2.24, 2.45) is 0 Å². The van der Waals surface area contributed by atoms with Crippen molar-refractivity contribution in [1.82, 2.24) is 0 Å². The van der Waals surface area contributed by atoms with Gasteiger partial charge in [0.15, 0.2) is 18.5 Å². The molecule has 0 saturated carbocycles. The number of hydrogen-bond acceptors (Lipinski definition) is 10. The number of aliphatic carboxylic acids is 1. The van der Waals surface area contributed by atoms with Gasteiger partial charge in [-0.3, -0.25) is 9.59 Å². The van der Waals surface area contributed by atoms with E-state index in [1.807, 2.05) is 0 Å². The average molecular weight is 905 g/mol. The van der Waals surface area contributed by atoms with Crippen LogP contribution >= 0.6 is 0 Å². The molecule has 0 aliphatic carbocycles. The molecule has 1 rings (SSSR count). The summed E-state index contributed by atoms with van der Waals surface area (Å²) < 4.78 is 21.8. The number of carbonyl (C=O) groups excluding carboxylic acids is 2. The van der Waals surface area contributed by atoms with E-state index < -0.39 is 54.7 Å². The Morgan fingerprint density at radius 2 is 0.922 bits per heavy atom. The third-order valence-corrected chi connectivity index (χ3v) is 11.7. The summed E-state index contributed by atoms with van der Waals surface area (Å²) in [6, 6.07) is 0. The summed E-state index contributed by atoms with van der Waals surface area (Å²) in [7, 11) is 0. The molecule has 4 N–H and O–H groups in total. The van der Waals surface area contributed by atoms with Crippen LogP contribution in [0, 0.1) is 0 Å². The predicted molar refractivity (Wildman–Crippen MR) is 257 cm³/mol. The van der Waals surface area contributed by atoms with Gasteiger partial charge in [-0.15, -0.1) is 0 Å². The maximum absolute atomic E-state index is 12.8. The molecule has 1 aliphatic heterocycles. The van der Waals surface area contributed by atoms with Crippen molar-refractivity contribution in [2.45, 2.75) is 256 Å². The molecule has 0 radical (unpaired) electrons. The maximum atomic E-state index is 12.8. The van der Waals surface area contributed by atoms with Crippen LogP contribution in [-0.2, 0) is 33.3 Å². The fourth-order valence-corrected chi connectivity index (χ4v) is 7.69. The molecular formula is C53H92O11. The quantitative estimate of drug-likeness (QED) is 0.0261. The lowest BCUT2D eigenvalue weighted by molar-refractivity contribution is -0.298. The standard InChI is InChI=1S/C53H92O11/c1-3-5-7-9-11-13-15-17-19-20-21-22-23-24-25-26-28-29-31-33-35-37-39-41-46(54)61-43-45(44-62-53-50(58)48(56)49(57)51(64-53)52(59)60)63-47(55)42-40-38-36-34-32-30-27-18-16-14-12-10-8-6-4-2/h5,7,11,13,17,19,21-22,45,48-51,53,56-58H,3-4,6,8-10,12,14-16,18,20,23-44H2,1-2H3,(H,59,60)/b7-5-,13-11-,19-17-,22-21-. The SMILES string of the molecule is CC/C=C\C/C=C\C/C=C\C/C=C\CCCCCCCCCCCCC(=O)OCC(COC1OC(C(=O)O)C(O)C(O)C1O)OC(=O)CCCCCCCCCCCCCCCCC. The molecule has 6 unspecified atom stereocenters. The topological polar surface area (TPSA) is 169 Å². The lowest BCUT2D eigenvalue weighted by atomic mass is 9.99. The highest BCUT2D eigenvalue weighted by molar-refractivity contribution is 5.73. The minimum absolute atomic E-state index is 0.184. The molecule has 0 aromatic carbocycles. The van der Waals surface area contributed by atoms with E-state index in [1.54, 1.807) is 0 Å². The molecule has 1 aliphatic rings. The van der Waals surface area contributed by atoms with E-state index in [0.717, 1.165) is 70.6 Å². The molecule has 0 spiro atoms. The number of ether oxygens (including phenoxy) is 4. The number of aliphatic hydroxyl groups is 3. The molecule has 1 fully saturated rings. The fraction of sp³-hybridized carbons (Fsp3) is 0.792. The van der Waals surface area contributed by atoms with E-state index >= 15 is 0 Å². The Morgan fingerprint density at radius 1 is 0.500 bits per heavy atom. The third kappa shape index (κ3) is 33.6. The first kappa shape index (κ1) is 59.2. The molecular weight excluding hydrogens is 813 g/mol. The summed E-state index contributed by atoms with van der Waals surface area (Å²) in [5.74, 6) is -2.44. The molecule has 11 heteroatoms. The van der Waals surface area contributed by atoms with Gasteiger partial charge < -0.3 is 39.4 Å². The van der Waals surface area contributed by atoms with Crippen molar-refractivity contribution < 1.29 is 53.8 Å². The van der Waals surface area contributed by atoms with Crippen LogP contribution < -0.4 is 0 Å². The van der Waals surface area contributed by atoms with Crippen LogP contribution in [0.2, 0.25) is 0 Å². The third-order valence-electron chi connectivity index (χ3n) is 11.7. The van der Waals surface area contributed by atoms with E-state index in [-0.39, 0.29) is 26.1 Å². The Hall–Kier alpha value is -2.83. The Kier molecular flexibility index (Phi) is 39.6. The number of rotatable bonds is 43. The van der Waals surface area contributed by atoms with Gasteiger partial charge in [-0.2, -0.15) is 0 Å². The molecule has 11 nitrogen and oxygen atoms in total. The fourth-order valence-electron chi connectivity index (χ4n) is 7.69. The van der Waals surface area contributed by atoms with Crippen LogP contribution in [0.3, 0.4) is 0 Å². The molecule has 64 heavy (non-hydrogen) atoms. The smallest absolute Gasteiger partial charge is 0.335 e. The second-order valence-corrected chi connectivity index (χ2v) is 17.6. The Labute approximate surface area is 388 Å². The molecule has 0 bridgehead atoms. The van der Waals surface area contributed by atoms with E-state index in [9.17, 15) is 34.8 Å².